The first-order chi connectivity index (χ1) is 9.16. The second kappa shape index (κ2) is 6.86. The molecule has 2 amide bonds. The molecular weight excluding hydrogens is 244 g/mol. The van der Waals surface area contributed by atoms with Gasteiger partial charge in [0.05, 0.1) is 6.54 Å². The predicted molar refractivity (Wildman–Crippen MR) is 72.8 cm³/mol. The van der Waals surface area contributed by atoms with Crippen LogP contribution >= 0.6 is 0 Å². The van der Waals surface area contributed by atoms with Gasteiger partial charge in [-0.15, -0.1) is 0 Å². The van der Waals surface area contributed by atoms with Gasteiger partial charge in [0.1, 0.15) is 0 Å². The Labute approximate surface area is 114 Å². The third kappa shape index (κ3) is 4.18. The van der Waals surface area contributed by atoms with Gasteiger partial charge >= 0.3 is 0 Å². The average Bonchev–Trinajstić information content (AvgIpc) is 2.82. The lowest BCUT2D eigenvalue weighted by atomic mass is 10.3. The first-order valence-electron chi connectivity index (χ1n) is 7.11. The molecule has 1 N–H and O–H groups in total. The molecule has 0 aliphatic carbocycles. The van der Waals surface area contributed by atoms with Crippen LogP contribution in [0.1, 0.15) is 12.8 Å². The molecule has 108 valence electrons. The van der Waals surface area contributed by atoms with Gasteiger partial charge in [-0.3, -0.25) is 14.5 Å². The minimum atomic E-state index is 0.0467. The quantitative estimate of drug-likeness (QED) is 0.693. The summed E-state index contributed by atoms with van der Waals surface area (Å²) in [6.07, 6.45) is 1.48. The van der Waals surface area contributed by atoms with Gasteiger partial charge in [-0.1, -0.05) is 0 Å². The molecule has 0 bridgehead atoms. The highest BCUT2D eigenvalue weighted by Crippen LogP contribution is 2.09. The van der Waals surface area contributed by atoms with Crippen molar-refractivity contribution >= 4 is 11.8 Å². The van der Waals surface area contributed by atoms with Gasteiger partial charge in [0, 0.05) is 59.3 Å². The topological polar surface area (TPSA) is 55.9 Å². The van der Waals surface area contributed by atoms with Crippen molar-refractivity contribution in [2.75, 3.05) is 59.4 Å². The van der Waals surface area contributed by atoms with E-state index in [0.29, 0.717) is 6.42 Å². The molecule has 2 aliphatic heterocycles. The molecule has 0 spiro atoms. The summed E-state index contributed by atoms with van der Waals surface area (Å²) in [6, 6.07) is 0. The zero-order valence-electron chi connectivity index (χ0n) is 11.7. The molecule has 0 aromatic rings. The minimum Gasteiger partial charge on any atom is -0.343 e. The van der Waals surface area contributed by atoms with Gasteiger partial charge in [-0.2, -0.15) is 0 Å². The Balaban J connectivity index is 1.68. The fourth-order valence-corrected chi connectivity index (χ4v) is 2.51. The van der Waals surface area contributed by atoms with Crippen LogP contribution < -0.4 is 5.32 Å². The van der Waals surface area contributed by atoms with E-state index in [9.17, 15) is 9.59 Å². The Kier molecular flexibility index (Phi) is 5.15. The number of likely N-dealkylation sites (tertiary alicyclic amines) is 1. The Morgan fingerprint density at radius 2 is 2.05 bits per heavy atom. The normalized spacial score (nSPS) is 20.9. The lowest BCUT2D eigenvalue weighted by Crippen LogP contribution is -2.47. The van der Waals surface area contributed by atoms with Crippen molar-refractivity contribution in [3.63, 3.8) is 0 Å². The number of likely N-dealkylation sites (N-methyl/N-ethyl adjacent to an activating group) is 1. The molecule has 0 aromatic heterocycles. The Morgan fingerprint density at radius 1 is 1.32 bits per heavy atom. The number of nitrogens with zero attached hydrogens (tertiary/aromatic N) is 3. The van der Waals surface area contributed by atoms with Crippen LogP contribution in [0.3, 0.4) is 0 Å². The molecule has 0 radical (unpaired) electrons. The molecule has 19 heavy (non-hydrogen) atoms. The SMILES string of the molecule is CN(CCN1CCNCC1)C(=O)CN1CCCC1=O. The average molecular weight is 268 g/mol. The van der Waals surface area contributed by atoms with E-state index in [-0.39, 0.29) is 18.4 Å². The number of rotatable bonds is 5. The van der Waals surface area contributed by atoms with Crippen LogP contribution in [0.25, 0.3) is 0 Å². The molecule has 0 atom stereocenters. The summed E-state index contributed by atoms with van der Waals surface area (Å²) in [6.45, 7) is 6.78. The lowest BCUT2D eigenvalue weighted by Gasteiger charge is -2.29. The summed E-state index contributed by atoms with van der Waals surface area (Å²) in [7, 11) is 1.82. The maximum absolute atomic E-state index is 12.0. The second-order valence-corrected chi connectivity index (χ2v) is 5.33. The number of amides is 2. The van der Waals surface area contributed by atoms with Crippen molar-refractivity contribution in [1.29, 1.82) is 0 Å². The van der Waals surface area contributed by atoms with E-state index < -0.39 is 0 Å². The number of carbonyl (C=O) groups excluding carboxylic acids is 2. The fraction of sp³-hybridized carbons (Fsp3) is 0.846. The number of carbonyl (C=O) groups is 2. The van der Waals surface area contributed by atoms with Gasteiger partial charge < -0.3 is 15.1 Å². The number of piperazine rings is 1. The van der Waals surface area contributed by atoms with Crippen LogP contribution in [-0.2, 0) is 9.59 Å². The standard InChI is InChI=1S/C13H24N4O2/c1-15(9-10-16-7-4-14-5-8-16)13(19)11-17-6-2-3-12(17)18/h14H,2-11H2,1H3. The van der Waals surface area contributed by atoms with Crippen LogP contribution in [-0.4, -0.2) is 85.9 Å². The molecule has 2 fully saturated rings. The monoisotopic (exact) mass is 268 g/mol. The summed E-state index contributed by atoms with van der Waals surface area (Å²) in [5.74, 6) is 0.161. The molecule has 2 aliphatic rings. The van der Waals surface area contributed by atoms with Crippen LogP contribution in [0, 0.1) is 0 Å². The first-order valence-corrected chi connectivity index (χ1v) is 7.11. The second-order valence-electron chi connectivity index (χ2n) is 5.33. The maximum Gasteiger partial charge on any atom is 0.241 e. The third-order valence-electron chi connectivity index (χ3n) is 3.88. The molecule has 0 saturated carbocycles. The minimum absolute atomic E-state index is 0.0467. The van der Waals surface area contributed by atoms with Crippen molar-refractivity contribution in [2.24, 2.45) is 0 Å². The third-order valence-corrected chi connectivity index (χ3v) is 3.88. The lowest BCUT2D eigenvalue weighted by molar-refractivity contribution is -0.137. The van der Waals surface area contributed by atoms with Gasteiger partial charge in [0.15, 0.2) is 0 Å². The molecule has 0 aromatic carbocycles. The maximum atomic E-state index is 12.0. The highest BCUT2D eigenvalue weighted by molar-refractivity contribution is 5.85. The van der Waals surface area contributed by atoms with Crippen LogP contribution in [0.15, 0.2) is 0 Å². The zero-order valence-corrected chi connectivity index (χ0v) is 11.7. The first kappa shape index (κ1) is 14.3. The van der Waals surface area contributed by atoms with E-state index in [4.69, 9.17) is 0 Å². The molecular formula is C13H24N4O2. The molecule has 2 heterocycles. The highest BCUT2D eigenvalue weighted by Gasteiger charge is 2.23. The van der Waals surface area contributed by atoms with Gasteiger partial charge in [0.2, 0.25) is 11.8 Å². The zero-order chi connectivity index (χ0) is 13.7. The van der Waals surface area contributed by atoms with Crippen LogP contribution in [0.4, 0.5) is 0 Å². The summed E-state index contributed by atoms with van der Waals surface area (Å²) in [4.78, 5) is 29.3. The smallest absolute Gasteiger partial charge is 0.241 e. The molecule has 6 nitrogen and oxygen atoms in total. The van der Waals surface area contributed by atoms with Gasteiger partial charge in [-0.05, 0) is 6.42 Å². The molecule has 0 unspecified atom stereocenters. The molecule has 2 rings (SSSR count). The summed E-state index contributed by atoms with van der Waals surface area (Å²) in [5.41, 5.74) is 0. The largest absolute Gasteiger partial charge is 0.343 e. The predicted octanol–water partition coefficient (Wildman–Crippen LogP) is -1.03. The molecule has 6 heteroatoms. The Bertz CT molecular complexity index is 329. The van der Waals surface area contributed by atoms with E-state index >= 15 is 0 Å². The summed E-state index contributed by atoms with van der Waals surface area (Å²) >= 11 is 0. The van der Waals surface area contributed by atoms with Crippen molar-refractivity contribution < 1.29 is 9.59 Å². The molecule has 2 saturated heterocycles. The Morgan fingerprint density at radius 3 is 2.68 bits per heavy atom. The van der Waals surface area contributed by atoms with E-state index in [2.05, 4.69) is 10.2 Å². The number of hydrogen-bond acceptors (Lipinski definition) is 4. The highest BCUT2D eigenvalue weighted by atomic mass is 16.2. The summed E-state index contributed by atoms with van der Waals surface area (Å²) < 4.78 is 0. The van der Waals surface area contributed by atoms with E-state index in [1.165, 1.54) is 0 Å². The van der Waals surface area contributed by atoms with Crippen molar-refractivity contribution in [3.05, 3.63) is 0 Å². The van der Waals surface area contributed by atoms with Gasteiger partial charge in [0.25, 0.3) is 0 Å². The van der Waals surface area contributed by atoms with Crippen LogP contribution in [0.5, 0.6) is 0 Å². The van der Waals surface area contributed by atoms with E-state index in [1.807, 2.05) is 7.05 Å². The Hall–Kier alpha value is -1.14. The van der Waals surface area contributed by atoms with Crippen molar-refractivity contribution in [1.82, 2.24) is 20.0 Å². The fourth-order valence-electron chi connectivity index (χ4n) is 2.51. The van der Waals surface area contributed by atoms with Crippen molar-refractivity contribution in [2.45, 2.75) is 12.8 Å². The van der Waals surface area contributed by atoms with Crippen LogP contribution in [0.2, 0.25) is 0 Å². The number of hydrogen-bond donors (Lipinski definition) is 1. The van der Waals surface area contributed by atoms with E-state index in [0.717, 1.165) is 52.2 Å². The van der Waals surface area contributed by atoms with Crippen molar-refractivity contribution in [3.8, 4) is 0 Å². The number of nitrogens with one attached hydrogen (secondary N) is 1. The van der Waals surface area contributed by atoms with Gasteiger partial charge in [-0.25, -0.2) is 0 Å². The summed E-state index contributed by atoms with van der Waals surface area (Å²) in [5, 5.41) is 3.31. The van der Waals surface area contributed by atoms with E-state index in [1.54, 1.807) is 9.80 Å².